The van der Waals surface area contributed by atoms with E-state index in [0.717, 1.165) is 0 Å². The number of fused-ring (bicyclic) bond motifs is 1. The highest BCUT2D eigenvalue weighted by Gasteiger charge is 2.26. The maximum atomic E-state index is 12.2. The zero-order valence-electron chi connectivity index (χ0n) is 11.2. The lowest BCUT2D eigenvalue weighted by molar-refractivity contribution is -0.135. The minimum atomic E-state index is -4.21. The van der Waals surface area contributed by atoms with Gasteiger partial charge in [0.05, 0.1) is 12.6 Å². The van der Waals surface area contributed by atoms with Gasteiger partial charge in [-0.1, -0.05) is 6.07 Å². The van der Waals surface area contributed by atoms with E-state index in [0.29, 0.717) is 16.8 Å². The molecular formula is C13H15F3N2O2. The third kappa shape index (κ3) is 2.66. The molecule has 20 heavy (non-hydrogen) atoms. The minimum Gasteiger partial charge on any atom is -0.494 e. The summed E-state index contributed by atoms with van der Waals surface area (Å²) >= 11 is 0. The molecule has 110 valence electrons. The Hall–Kier alpha value is -1.92. The summed E-state index contributed by atoms with van der Waals surface area (Å²) in [5.41, 5.74) is 0.831. The standard InChI is InChI=1S/C13H15F3N2O2/c1-17-9-5-3-6-10(20-2)11(9)18(12(17)19)8-4-7-13(14,15)16/h3,5-6H,4,7-8H2,1-2H3. The lowest BCUT2D eigenvalue weighted by Crippen LogP contribution is -2.23. The lowest BCUT2D eigenvalue weighted by Gasteiger charge is -2.08. The van der Waals surface area contributed by atoms with Crippen LogP contribution in [-0.2, 0) is 13.6 Å². The molecule has 4 nitrogen and oxygen atoms in total. The molecule has 1 aromatic carbocycles. The highest BCUT2D eigenvalue weighted by molar-refractivity contribution is 5.82. The number of rotatable bonds is 4. The van der Waals surface area contributed by atoms with Crippen LogP contribution in [0.1, 0.15) is 12.8 Å². The van der Waals surface area contributed by atoms with Gasteiger partial charge in [0.15, 0.2) is 0 Å². The average Bonchev–Trinajstić information content (AvgIpc) is 2.62. The van der Waals surface area contributed by atoms with Crippen LogP contribution in [0.25, 0.3) is 11.0 Å². The van der Waals surface area contributed by atoms with E-state index in [4.69, 9.17) is 4.74 Å². The van der Waals surface area contributed by atoms with Crippen LogP contribution in [0.2, 0.25) is 0 Å². The van der Waals surface area contributed by atoms with Crippen LogP contribution < -0.4 is 10.4 Å². The fourth-order valence-corrected chi connectivity index (χ4v) is 2.24. The van der Waals surface area contributed by atoms with Gasteiger partial charge in [0, 0.05) is 20.0 Å². The van der Waals surface area contributed by atoms with Crippen molar-refractivity contribution in [2.45, 2.75) is 25.6 Å². The van der Waals surface area contributed by atoms with Gasteiger partial charge in [0.2, 0.25) is 0 Å². The first-order chi connectivity index (χ1) is 9.35. The molecule has 0 fully saturated rings. The van der Waals surface area contributed by atoms with E-state index in [9.17, 15) is 18.0 Å². The van der Waals surface area contributed by atoms with E-state index < -0.39 is 12.6 Å². The van der Waals surface area contributed by atoms with Gasteiger partial charge in [-0.2, -0.15) is 13.2 Å². The zero-order valence-corrected chi connectivity index (χ0v) is 11.2. The molecule has 0 radical (unpaired) electrons. The highest BCUT2D eigenvalue weighted by atomic mass is 19.4. The Morgan fingerprint density at radius 2 is 2.00 bits per heavy atom. The van der Waals surface area contributed by atoms with E-state index in [-0.39, 0.29) is 18.7 Å². The second-order valence-electron chi connectivity index (χ2n) is 4.54. The smallest absolute Gasteiger partial charge is 0.389 e. The number of methoxy groups -OCH3 is 1. The van der Waals surface area contributed by atoms with Crippen molar-refractivity contribution in [1.29, 1.82) is 0 Å². The molecule has 0 amide bonds. The molecule has 0 aliphatic rings. The van der Waals surface area contributed by atoms with Crippen molar-refractivity contribution in [3.8, 4) is 5.75 Å². The summed E-state index contributed by atoms with van der Waals surface area (Å²) in [7, 11) is 3.05. The van der Waals surface area contributed by atoms with Crippen molar-refractivity contribution in [2.75, 3.05) is 7.11 Å². The number of benzene rings is 1. The summed E-state index contributed by atoms with van der Waals surface area (Å²) in [6, 6.07) is 5.15. The van der Waals surface area contributed by atoms with Crippen LogP contribution in [0.3, 0.4) is 0 Å². The van der Waals surface area contributed by atoms with Crippen LogP contribution in [0.4, 0.5) is 13.2 Å². The van der Waals surface area contributed by atoms with Crippen LogP contribution in [-0.4, -0.2) is 22.4 Å². The molecule has 0 saturated carbocycles. The number of alkyl halides is 3. The van der Waals surface area contributed by atoms with Gasteiger partial charge in [0.25, 0.3) is 0 Å². The summed E-state index contributed by atoms with van der Waals surface area (Å²) in [5, 5.41) is 0. The summed E-state index contributed by atoms with van der Waals surface area (Å²) in [4.78, 5) is 12.1. The van der Waals surface area contributed by atoms with Crippen molar-refractivity contribution in [2.24, 2.45) is 7.05 Å². The maximum Gasteiger partial charge on any atom is 0.389 e. The van der Waals surface area contributed by atoms with Crippen molar-refractivity contribution in [3.05, 3.63) is 28.7 Å². The van der Waals surface area contributed by atoms with Crippen LogP contribution in [0.15, 0.2) is 23.0 Å². The van der Waals surface area contributed by atoms with Gasteiger partial charge in [-0.05, 0) is 18.6 Å². The summed E-state index contributed by atoms with van der Waals surface area (Å²) in [6.45, 7) is 0.00998. The fraction of sp³-hybridized carbons (Fsp3) is 0.462. The van der Waals surface area contributed by atoms with Crippen LogP contribution in [0, 0.1) is 0 Å². The zero-order chi connectivity index (χ0) is 14.9. The van der Waals surface area contributed by atoms with Crippen molar-refractivity contribution in [1.82, 2.24) is 9.13 Å². The number of para-hydroxylation sites is 1. The molecule has 0 bridgehead atoms. The van der Waals surface area contributed by atoms with E-state index in [1.54, 1.807) is 25.2 Å². The first kappa shape index (κ1) is 14.5. The summed E-state index contributed by atoms with van der Waals surface area (Å²) < 4.78 is 44.5. The SMILES string of the molecule is COc1cccc2c1n(CCCC(F)(F)F)c(=O)n2C. The maximum absolute atomic E-state index is 12.2. The van der Waals surface area contributed by atoms with Gasteiger partial charge in [0.1, 0.15) is 11.3 Å². The van der Waals surface area contributed by atoms with E-state index >= 15 is 0 Å². The third-order valence-electron chi connectivity index (χ3n) is 3.19. The van der Waals surface area contributed by atoms with Gasteiger partial charge in [-0.3, -0.25) is 9.13 Å². The van der Waals surface area contributed by atoms with E-state index in [2.05, 4.69) is 0 Å². The quantitative estimate of drug-likeness (QED) is 0.867. The molecule has 0 spiro atoms. The molecule has 0 aliphatic carbocycles. The molecule has 1 aromatic heterocycles. The highest BCUT2D eigenvalue weighted by Crippen LogP contribution is 2.26. The Morgan fingerprint density at radius 3 is 2.60 bits per heavy atom. The number of aromatic nitrogens is 2. The molecule has 0 atom stereocenters. The minimum absolute atomic E-state index is 0.00998. The number of aryl methyl sites for hydroxylation is 2. The van der Waals surface area contributed by atoms with Crippen molar-refractivity contribution < 1.29 is 17.9 Å². The molecule has 0 unspecified atom stereocenters. The Balaban J connectivity index is 2.42. The molecular weight excluding hydrogens is 273 g/mol. The van der Waals surface area contributed by atoms with Crippen molar-refractivity contribution in [3.63, 3.8) is 0 Å². The number of ether oxygens (including phenoxy) is 1. The lowest BCUT2D eigenvalue weighted by atomic mass is 10.2. The molecule has 2 rings (SSSR count). The van der Waals surface area contributed by atoms with E-state index in [1.807, 2.05) is 0 Å². The largest absolute Gasteiger partial charge is 0.494 e. The van der Waals surface area contributed by atoms with Crippen LogP contribution >= 0.6 is 0 Å². The van der Waals surface area contributed by atoms with Gasteiger partial charge in [-0.15, -0.1) is 0 Å². The first-order valence-corrected chi connectivity index (χ1v) is 6.14. The Bertz CT molecular complexity index is 671. The van der Waals surface area contributed by atoms with Gasteiger partial charge in [-0.25, -0.2) is 4.79 Å². The second-order valence-corrected chi connectivity index (χ2v) is 4.54. The molecule has 0 N–H and O–H groups in total. The van der Waals surface area contributed by atoms with E-state index in [1.165, 1.54) is 16.2 Å². The van der Waals surface area contributed by atoms with Gasteiger partial charge < -0.3 is 4.74 Å². The number of imidazole rings is 1. The number of nitrogens with zero attached hydrogens (tertiary/aromatic N) is 2. The molecule has 1 heterocycles. The Labute approximate surface area is 113 Å². The fourth-order valence-electron chi connectivity index (χ4n) is 2.24. The van der Waals surface area contributed by atoms with Crippen molar-refractivity contribution >= 4 is 11.0 Å². The first-order valence-electron chi connectivity index (χ1n) is 6.14. The predicted octanol–water partition coefficient (Wildman–Crippen LogP) is 2.69. The average molecular weight is 288 g/mol. The van der Waals surface area contributed by atoms with Gasteiger partial charge >= 0.3 is 11.9 Å². The number of hydrogen-bond acceptors (Lipinski definition) is 2. The summed E-state index contributed by atoms with van der Waals surface area (Å²) in [5.74, 6) is 0.479. The molecule has 0 saturated heterocycles. The molecule has 7 heteroatoms. The monoisotopic (exact) mass is 288 g/mol. The number of hydrogen-bond donors (Lipinski definition) is 0. The predicted molar refractivity (Wildman–Crippen MR) is 69.0 cm³/mol. The molecule has 2 aromatic rings. The number of halogens is 3. The third-order valence-corrected chi connectivity index (χ3v) is 3.19. The second kappa shape index (κ2) is 5.22. The Morgan fingerprint density at radius 1 is 1.30 bits per heavy atom. The van der Waals surface area contributed by atoms with Crippen LogP contribution in [0.5, 0.6) is 5.75 Å². The molecule has 0 aliphatic heterocycles. The topological polar surface area (TPSA) is 36.2 Å². The Kier molecular flexibility index (Phi) is 3.78. The summed E-state index contributed by atoms with van der Waals surface area (Å²) in [6.07, 6.45) is -5.26. The normalized spacial score (nSPS) is 12.1.